The summed E-state index contributed by atoms with van der Waals surface area (Å²) in [5.41, 5.74) is 7.86. The van der Waals surface area contributed by atoms with Crippen LogP contribution < -0.4 is 5.73 Å². The molecule has 0 atom stereocenters. The first-order valence-corrected chi connectivity index (χ1v) is 4.82. The van der Waals surface area contributed by atoms with Crippen molar-refractivity contribution in [3.63, 3.8) is 0 Å². The molecule has 0 saturated heterocycles. The molecule has 1 aliphatic heterocycles. The van der Waals surface area contributed by atoms with Gasteiger partial charge in [-0.15, -0.1) is 0 Å². The van der Waals surface area contributed by atoms with Crippen LogP contribution in [0.2, 0.25) is 0 Å². The Morgan fingerprint density at radius 3 is 3.17 bits per heavy atom. The fraction of sp³-hybridized carbons (Fsp3) is 0.250. The van der Waals surface area contributed by atoms with Crippen LogP contribution in [0.15, 0.2) is 11.2 Å². The maximum absolute atomic E-state index is 5.65. The summed E-state index contributed by atoms with van der Waals surface area (Å²) in [7, 11) is 0. The predicted octanol–water partition coefficient (Wildman–Crippen LogP) is 1.92. The maximum atomic E-state index is 5.65. The second-order valence-electron chi connectivity index (χ2n) is 2.68. The molecule has 1 aromatic rings. The zero-order chi connectivity index (χ0) is 8.55. The second-order valence-corrected chi connectivity index (χ2v) is 3.76. The number of hydrogen-bond acceptors (Lipinski definition) is 3. The van der Waals surface area contributed by atoms with Gasteiger partial charge in [0.05, 0.1) is 9.26 Å². The van der Waals surface area contributed by atoms with Crippen molar-refractivity contribution in [2.75, 3.05) is 5.73 Å². The molecule has 2 N–H and O–H groups in total. The molecule has 4 heteroatoms. The van der Waals surface area contributed by atoms with Crippen molar-refractivity contribution < 1.29 is 0 Å². The molecule has 0 radical (unpaired) electrons. The summed E-state index contributed by atoms with van der Waals surface area (Å²) in [5, 5.41) is 0. The monoisotopic (exact) mass is 273 g/mol. The number of rotatable bonds is 0. The van der Waals surface area contributed by atoms with E-state index < -0.39 is 0 Å². The van der Waals surface area contributed by atoms with E-state index in [0.717, 1.165) is 22.1 Å². The van der Waals surface area contributed by atoms with Crippen molar-refractivity contribution in [3.8, 4) is 0 Å². The number of hydrogen-bond donors (Lipinski definition) is 1. The minimum absolute atomic E-state index is 0.577. The lowest BCUT2D eigenvalue weighted by Gasteiger charge is -2.11. The summed E-state index contributed by atoms with van der Waals surface area (Å²) in [6.45, 7) is 0. The molecule has 3 nitrogen and oxygen atoms in total. The molecule has 0 spiro atoms. The Hall–Kier alpha value is -0.650. The molecule has 0 fully saturated rings. The van der Waals surface area contributed by atoms with E-state index in [1.54, 1.807) is 0 Å². The van der Waals surface area contributed by atoms with E-state index in [2.05, 4.69) is 32.6 Å². The van der Waals surface area contributed by atoms with Crippen LogP contribution in [0, 0.1) is 3.57 Å². The summed E-state index contributed by atoms with van der Waals surface area (Å²) in [4.78, 5) is 8.39. The number of aryl methyl sites for hydroxylation is 1. The summed E-state index contributed by atoms with van der Waals surface area (Å²) in [5.74, 6) is 0.577. The Kier molecular flexibility index (Phi) is 2.00. The van der Waals surface area contributed by atoms with Crippen molar-refractivity contribution >= 4 is 40.3 Å². The maximum Gasteiger partial charge on any atom is 0.139 e. The van der Waals surface area contributed by atoms with Gasteiger partial charge in [0.25, 0.3) is 0 Å². The standard InChI is InChI=1S/C8H8IN3/c9-6-7-5(2-1-3-11-7)4-12-8(6)10/h3-4H,1-2H2,(H2,10,12). The Labute approximate surface area is 84.2 Å². The van der Waals surface area contributed by atoms with Crippen LogP contribution in [-0.4, -0.2) is 11.2 Å². The Morgan fingerprint density at radius 2 is 2.33 bits per heavy atom. The Bertz CT molecular complexity index is 346. The van der Waals surface area contributed by atoms with Crippen LogP contribution in [0.25, 0.3) is 0 Å². The number of pyridine rings is 1. The van der Waals surface area contributed by atoms with E-state index in [-0.39, 0.29) is 0 Å². The van der Waals surface area contributed by atoms with Crippen molar-refractivity contribution in [2.24, 2.45) is 4.99 Å². The number of anilines is 1. The lowest BCUT2D eigenvalue weighted by atomic mass is 10.1. The lowest BCUT2D eigenvalue weighted by molar-refractivity contribution is 1.01. The first-order valence-electron chi connectivity index (χ1n) is 3.74. The smallest absolute Gasteiger partial charge is 0.139 e. The lowest BCUT2D eigenvalue weighted by Crippen LogP contribution is -2.01. The summed E-state index contributed by atoms with van der Waals surface area (Å²) in [6.07, 6.45) is 5.80. The average molecular weight is 273 g/mol. The van der Waals surface area contributed by atoms with Gasteiger partial charge in [0, 0.05) is 12.4 Å². The first-order chi connectivity index (χ1) is 5.79. The summed E-state index contributed by atoms with van der Waals surface area (Å²) >= 11 is 2.19. The van der Waals surface area contributed by atoms with E-state index in [9.17, 15) is 0 Å². The molecular weight excluding hydrogens is 265 g/mol. The average Bonchev–Trinajstić information content (AvgIpc) is 2.12. The highest BCUT2D eigenvalue weighted by Crippen LogP contribution is 2.31. The molecule has 0 aliphatic carbocycles. The third kappa shape index (κ3) is 1.20. The normalized spacial score (nSPS) is 14.4. The van der Waals surface area contributed by atoms with Gasteiger partial charge in [-0.25, -0.2) is 4.98 Å². The highest BCUT2D eigenvalue weighted by molar-refractivity contribution is 14.1. The highest BCUT2D eigenvalue weighted by Gasteiger charge is 2.11. The second kappa shape index (κ2) is 3.01. The number of halogens is 1. The Morgan fingerprint density at radius 1 is 1.50 bits per heavy atom. The van der Waals surface area contributed by atoms with Crippen LogP contribution >= 0.6 is 22.6 Å². The molecule has 1 aromatic heterocycles. The topological polar surface area (TPSA) is 51.3 Å². The molecule has 0 unspecified atom stereocenters. The molecule has 0 saturated carbocycles. The van der Waals surface area contributed by atoms with Crippen LogP contribution in [0.3, 0.4) is 0 Å². The van der Waals surface area contributed by atoms with Gasteiger partial charge in [-0.2, -0.15) is 0 Å². The van der Waals surface area contributed by atoms with Gasteiger partial charge in [0.2, 0.25) is 0 Å². The van der Waals surface area contributed by atoms with Gasteiger partial charge in [0.1, 0.15) is 5.82 Å². The minimum Gasteiger partial charge on any atom is -0.383 e. The quantitative estimate of drug-likeness (QED) is 0.734. The van der Waals surface area contributed by atoms with Crippen LogP contribution in [0.4, 0.5) is 11.5 Å². The molecule has 62 valence electrons. The predicted molar refractivity (Wildman–Crippen MR) is 57.8 cm³/mol. The molecule has 0 aromatic carbocycles. The van der Waals surface area contributed by atoms with Gasteiger partial charge < -0.3 is 5.73 Å². The molecule has 2 heterocycles. The highest BCUT2D eigenvalue weighted by atomic mass is 127. The van der Waals surface area contributed by atoms with Crippen LogP contribution in [-0.2, 0) is 6.42 Å². The number of nitrogen functional groups attached to an aromatic ring is 1. The van der Waals surface area contributed by atoms with Crippen molar-refractivity contribution in [1.82, 2.24) is 4.98 Å². The molecule has 0 bridgehead atoms. The molecule has 12 heavy (non-hydrogen) atoms. The van der Waals surface area contributed by atoms with E-state index in [1.807, 2.05) is 12.4 Å². The van der Waals surface area contributed by atoms with Crippen LogP contribution in [0.1, 0.15) is 12.0 Å². The van der Waals surface area contributed by atoms with Crippen molar-refractivity contribution in [3.05, 3.63) is 15.3 Å². The van der Waals surface area contributed by atoms with Gasteiger partial charge in [0.15, 0.2) is 0 Å². The van der Waals surface area contributed by atoms with E-state index in [0.29, 0.717) is 5.82 Å². The Balaban J connectivity index is 2.64. The minimum atomic E-state index is 0.577. The third-order valence-corrected chi connectivity index (χ3v) is 2.92. The molecule has 0 amide bonds. The van der Waals surface area contributed by atoms with Crippen molar-refractivity contribution in [2.45, 2.75) is 12.8 Å². The number of aromatic nitrogens is 1. The zero-order valence-corrected chi connectivity index (χ0v) is 8.58. The molecular formula is C8H8IN3. The fourth-order valence-electron chi connectivity index (χ4n) is 1.23. The van der Waals surface area contributed by atoms with Crippen molar-refractivity contribution in [1.29, 1.82) is 0 Å². The molecule has 1 aliphatic rings. The summed E-state index contributed by atoms with van der Waals surface area (Å²) in [6, 6.07) is 0. The van der Waals surface area contributed by atoms with E-state index in [1.165, 1.54) is 5.56 Å². The van der Waals surface area contributed by atoms with Gasteiger partial charge >= 0.3 is 0 Å². The number of fused-ring (bicyclic) bond motifs is 1. The number of nitrogens with two attached hydrogens (primary N) is 1. The number of nitrogens with zero attached hydrogens (tertiary/aromatic N) is 2. The number of aliphatic imine (C=N–C) groups is 1. The van der Waals surface area contributed by atoms with Gasteiger partial charge in [-0.3, -0.25) is 4.99 Å². The fourth-order valence-corrected chi connectivity index (χ4v) is 1.85. The van der Waals surface area contributed by atoms with E-state index in [4.69, 9.17) is 5.73 Å². The third-order valence-electron chi connectivity index (χ3n) is 1.86. The van der Waals surface area contributed by atoms with Gasteiger partial charge in [-0.05, 0) is 41.0 Å². The first kappa shape index (κ1) is 7.97. The zero-order valence-electron chi connectivity index (χ0n) is 6.42. The largest absolute Gasteiger partial charge is 0.383 e. The summed E-state index contributed by atoms with van der Waals surface area (Å²) < 4.78 is 0.973. The van der Waals surface area contributed by atoms with Gasteiger partial charge in [-0.1, -0.05) is 0 Å². The SMILES string of the molecule is Nc1ncc2c(c1I)N=CCC2. The van der Waals surface area contributed by atoms with Crippen LogP contribution in [0.5, 0.6) is 0 Å². The van der Waals surface area contributed by atoms with E-state index >= 15 is 0 Å². The molecule has 2 rings (SSSR count).